The number of aromatic hydroxyl groups is 1. The van der Waals surface area contributed by atoms with Crippen LogP contribution in [0, 0.1) is 5.82 Å². The van der Waals surface area contributed by atoms with Crippen molar-refractivity contribution in [3.8, 4) is 11.7 Å². The molecule has 3 aromatic rings. The van der Waals surface area contributed by atoms with Crippen molar-refractivity contribution in [2.24, 2.45) is 0 Å². The molecular formula is C18H14F4N6O2. The van der Waals surface area contributed by atoms with E-state index in [1.54, 1.807) is 6.92 Å². The molecule has 1 aliphatic heterocycles. The highest BCUT2D eigenvalue weighted by Crippen LogP contribution is 2.38. The summed E-state index contributed by atoms with van der Waals surface area (Å²) in [6, 6.07) is 2.46. The topological polar surface area (TPSA) is 97.0 Å². The van der Waals surface area contributed by atoms with E-state index in [1.165, 1.54) is 9.58 Å². The first-order valence-corrected chi connectivity index (χ1v) is 8.78. The standard InChI is InChI=1S/C18H14F4N6O2/c1-9-5-14-13(25-26-28(14)17-23-6-10(19)7-24-17)8-27(9)16(30)11-3-2-4-12(15(11)29)18(20,21)22/h2-4,6-7,9,29H,5,8H2,1H3/t9-/m0/s1. The third-order valence-corrected chi connectivity index (χ3v) is 4.81. The van der Waals surface area contributed by atoms with Crippen LogP contribution in [0.25, 0.3) is 5.95 Å². The number of aromatic nitrogens is 5. The molecule has 0 aliphatic carbocycles. The van der Waals surface area contributed by atoms with Gasteiger partial charge in [0.2, 0.25) is 0 Å². The summed E-state index contributed by atoms with van der Waals surface area (Å²) in [6.45, 7) is 1.67. The zero-order chi connectivity index (χ0) is 21.6. The summed E-state index contributed by atoms with van der Waals surface area (Å²) in [6.07, 6.45) is -2.57. The van der Waals surface area contributed by atoms with Crippen LogP contribution in [0.5, 0.6) is 5.75 Å². The van der Waals surface area contributed by atoms with E-state index in [0.29, 0.717) is 17.5 Å². The number of fused-ring (bicyclic) bond motifs is 1. The van der Waals surface area contributed by atoms with Crippen molar-refractivity contribution in [2.75, 3.05) is 0 Å². The summed E-state index contributed by atoms with van der Waals surface area (Å²) in [5.41, 5.74) is -0.722. The Hall–Kier alpha value is -3.57. The molecule has 0 unspecified atom stereocenters. The number of phenols is 1. The van der Waals surface area contributed by atoms with Gasteiger partial charge >= 0.3 is 6.18 Å². The molecule has 0 saturated heterocycles. The molecule has 0 saturated carbocycles. The first-order valence-electron chi connectivity index (χ1n) is 8.78. The minimum absolute atomic E-state index is 0.0355. The third-order valence-electron chi connectivity index (χ3n) is 4.81. The molecule has 1 N–H and O–H groups in total. The molecule has 1 atom stereocenters. The number of rotatable bonds is 2. The zero-order valence-electron chi connectivity index (χ0n) is 15.4. The van der Waals surface area contributed by atoms with E-state index >= 15 is 0 Å². The average molecular weight is 422 g/mol. The number of para-hydroxylation sites is 1. The minimum atomic E-state index is -4.79. The molecule has 156 valence electrons. The van der Waals surface area contributed by atoms with Gasteiger partial charge in [-0.15, -0.1) is 5.10 Å². The van der Waals surface area contributed by atoms with Gasteiger partial charge < -0.3 is 10.0 Å². The molecule has 0 spiro atoms. The summed E-state index contributed by atoms with van der Waals surface area (Å²) >= 11 is 0. The Morgan fingerprint density at radius 3 is 2.60 bits per heavy atom. The number of amides is 1. The first-order chi connectivity index (χ1) is 14.2. The lowest BCUT2D eigenvalue weighted by atomic mass is 10.0. The van der Waals surface area contributed by atoms with E-state index in [2.05, 4.69) is 20.3 Å². The monoisotopic (exact) mass is 422 g/mol. The lowest BCUT2D eigenvalue weighted by Gasteiger charge is -2.33. The van der Waals surface area contributed by atoms with E-state index in [9.17, 15) is 27.5 Å². The van der Waals surface area contributed by atoms with Crippen LogP contribution in [0.2, 0.25) is 0 Å². The van der Waals surface area contributed by atoms with Crippen molar-refractivity contribution < 1.29 is 27.5 Å². The smallest absolute Gasteiger partial charge is 0.419 e. The number of hydrogen-bond donors (Lipinski definition) is 1. The second-order valence-corrected chi connectivity index (χ2v) is 6.78. The number of alkyl halides is 3. The van der Waals surface area contributed by atoms with Crippen molar-refractivity contribution in [1.82, 2.24) is 29.9 Å². The Morgan fingerprint density at radius 2 is 1.93 bits per heavy atom. The summed E-state index contributed by atoms with van der Waals surface area (Å²) < 4.78 is 53.6. The molecule has 3 heterocycles. The minimum Gasteiger partial charge on any atom is -0.506 e. The lowest BCUT2D eigenvalue weighted by Crippen LogP contribution is -2.43. The first kappa shape index (κ1) is 19.7. The summed E-state index contributed by atoms with van der Waals surface area (Å²) in [4.78, 5) is 21.9. The SMILES string of the molecule is C[C@H]1Cc2c(nnn2-c2ncc(F)cn2)CN1C(=O)c1cccc(C(F)(F)F)c1O. The maximum absolute atomic E-state index is 13.1. The van der Waals surface area contributed by atoms with Crippen LogP contribution in [0.3, 0.4) is 0 Å². The Balaban J connectivity index is 1.65. The number of phenolic OH excluding ortho intramolecular Hbond substituents is 1. The van der Waals surface area contributed by atoms with Crippen LogP contribution < -0.4 is 0 Å². The highest BCUT2D eigenvalue weighted by atomic mass is 19.4. The van der Waals surface area contributed by atoms with Gasteiger partial charge in [0.05, 0.1) is 35.8 Å². The molecule has 30 heavy (non-hydrogen) atoms. The van der Waals surface area contributed by atoms with Crippen LogP contribution >= 0.6 is 0 Å². The molecular weight excluding hydrogens is 408 g/mol. The van der Waals surface area contributed by atoms with Crippen molar-refractivity contribution >= 4 is 5.91 Å². The van der Waals surface area contributed by atoms with Crippen LogP contribution in [0.4, 0.5) is 17.6 Å². The lowest BCUT2D eigenvalue weighted by molar-refractivity contribution is -0.138. The van der Waals surface area contributed by atoms with Gasteiger partial charge in [-0.05, 0) is 19.1 Å². The van der Waals surface area contributed by atoms with Crippen molar-refractivity contribution in [1.29, 1.82) is 0 Å². The highest BCUT2D eigenvalue weighted by molar-refractivity contribution is 5.97. The van der Waals surface area contributed by atoms with Gasteiger partial charge in [0.15, 0.2) is 5.82 Å². The number of hydrogen-bond acceptors (Lipinski definition) is 6. The molecule has 1 aliphatic rings. The van der Waals surface area contributed by atoms with Crippen LogP contribution in [0.1, 0.15) is 34.2 Å². The maximum atomic E-state index is 13.1. The average Bonchev–Trinajstić information content (AvgIpc) is 3.09. The number of benzene rings is 1. The number of nitrogens with zero attached hydrogens (tertiary/aromatic N) is 6. The van der Waals surface area contributed by atoms with Crippen molar-refractivity contribution in [3.05, 3.63) is 58.9 Å². The van der Waals surface area contributed by atoms with Crippen molar-refractivity contribution in [2.45, 2.75) is 32.1 Å². The Morgan fingerprint density at radius 1 is 1.23 bits per heavy atom. The predicted octanol–water partition coefficient (Wildman–Crippen LogP) is 2.51. The number of carbonyl (C=O) groups is 1. The molecule has 0 bridgehead atoms. The number of carbonyl (C=O) groups excluding carboxylic acids is 1. The fourth-order valence-corrected chi connectivity index (χ4v) is 3.31. The van der Waals surface area contributed by atoms with E-state index in [0.717, 1.165) is 24.5 Å². The summed E-state index contributed by atoms with van der Waals surface area (Å²) in [7, 11) is 0. The zero-order valence-corrected chi connectivity index (χ0v) is 15.4. The molecule has 0 fully saturated rings. The fraction of sp³-hybridized carbons (Fsp3) is 0.278. The second-order valence-electron chi connectivity index (χ2n) is 6.78. The molecule has 1 amide bonds. The quantitative estimate of drug-likeness (QED) is 0.638. The van der Waals surface area contributed by atoms with Gasteiger partial charge in [-0.2, -0.15) is 17.9 Å². The Labute approximate surface area is 166 Å². The van der Waals surface area contributed by atoms with Gasteiger partial charge in [-0.3, -0.25) is 4.79 Å². The van der Waals surface area contributed by atoms with E-state index < -0.39 is 40.8 Å². The van der Waals surface area contributed by atoms with Gasteiger partial charge in [-0.25, -0.2) is 14.4 Å². The summed E-state index contributed by atoms with van der Waals surface area (Å²) in [5, 5.41) is 18.0. The second kappa shape index (κ2) is 7.04. The van der Waals surface area contributed by atoms with E-state index in [4.69, 9.17) is 0 Å². The molecule has 12 heteroatoms. The van der Waals surface area contributed by atoms with Gasteiger partial charge in [0, 0.05) is 12.5 Å². The van der Waals surface area contributed by atoms with Crippen LogP contribution in [-0.2, 0) is 19.1 Å². The Bertz CT molecular complexity index is 1110. The maximum Gasteiger partial charge on any atom is 0.419 e. The van der Waals surface area contributed by atoms with Gasteiger partial charge in [0.1, 0.15) is 11.4 Å². The van der Waals surface area contributed by atoms with Crippen LogP contribution in [0.15, 0.2) is 30.6 Å². The Kier molecular flexibility index (Phi) is 4.63. The van der Waals surface area contributed by atoms with Gasteiger partial charge in [0.25, 0.3) is 11.9 Å². The highest BCUT2D eigenvalue weighted by Gasteiger charge is 2.38. The molecule has 1 aromatic carbocycles. The molecule has 0 radical (unpaired) electrons. The number of halogens is 4. The van der Waals surface area contributed by atoms with Gasteiger partial charge in [-0.1, -0.05) is 11.3 Å². The van der Waals surface area contributed by atoms with E-state index in [1.807, 2.05) is 0 Å². The van der Waals surface area contributed by atoms with Crippen molar-refractivity contribution in [3.63, 3.8) is 0 Å². The normalized spacial score (nSPS) is 16.4. The fourth-order valence-electron chi connectivity index (χ4n) is 3.31. The third kappa shape index (κ3) is 3.33. The summed E-state index contributed by atoms with van der Waals surface area (Å²) in [5.74, 6) is -2.38. The largest absolute Gasteiger partial charge is 0.506 e. The molecule has 2 aromatic heterocycles. The molecule has 8 nitrogen and oxygen atoms in total. The predicted molar refractivity (Wildman–Crippen MR) is 93.1 cm³/mol. The van der Waals surface area contributed by atoms with Crippen LogP contribution in [-0.4, -0.2) is 46.9 Å². The molecule has 4 rings (SSSR count). The van der Waals surface area contributed by atoms with E-state index in [-0.39, 0.29) is 18.9 Å².